The van der Waals surface area contributed by atoms with Crippen LogP contribution in [-0.2, 0) is 4.74 Å². The standard InChI is InChI=1S/C10H19NO2/c12-6-2-9-1-5-11-10(9)3-7-13-8-4-10/h9,11-12H,1-8H2. The van der Waals surface area contributed by atoms with Gasteiger partial charge in [0.25, 0.3) is 0 Å². The van der Waals surface area contributed by atoms with Gasteiger partial charge in [-0.25, -0.2) is 0 Å². The van der Waals surface area contributed by atoms with Crippen molar-refractivity contribution in [3.63, 3.8) is 0 Å². The Labute approximate surface area is 79.5 Å². The summed E-state index contributed by atoms with van der Waals surface area (Å²) < 4.78 is 5.38. The van der Waals surface area contributed by atoms with Gasteiger partial charge in [-0.3, -0.25) is 0 Å². The molecule has 13 heavy (non-hydrogen) atoms. The highest BCUT2D eigenvalue weighted by Crippen LogP contribution is 2.37. The molecule has 1 unspecified atom stereocenters. The van der Waals surface area contributed by atoms with Crippen LogP contribution >= 0.6 is 0 Å². The highest BCUT2D eigenvalue weighted by Gasteiger charge is 2.42. The minimum absolute atomic E-state index is 0.307. The zero-order valence-corrected chi connectivity index (χ0v) is 8.09. The van der Waals surface area contributed by atoms with Crippen LogP contribution in [0.25, 0.3) is 0 Å². The van der Waals surface area contributed by atoms with Crippen LogP contribution in [0.15, 0.2) is 0 Å². The summed E-state index contributed by atoms with van der Waals surface area (Å²) in [5.74, 6) is 0.668. The number of nitrogens with one attached hydrogen (secondary N) is 1. The molecule has 76 valence electrons. The summed E-state index contributed by atoms with van der Waals surface area (Å²) in [6, 6.07) is 0. The van der Waals surface area contributed by atoms with E-state index in [0.29, 0.717) is 18.1 Å². The van der Waals surface area contributed by atoms with E-state index in [0.717, 1.165) is 39.0 Å². The fraction of sp³-hybridized carbons (Fsp3) is 1.00. The van der Waals surface area contributed by atoms with Crippen LogP contribution in [0.4, 0.5) is 0 Å². The topological polar surface area (TPSA) is 41.5 Å². The van der Waals surface area contributed by atoms with Gasteiger partial charge >= 0.3 is 0 Å². The lowest BCUT2D eigenvalue weighted by Crippen LogP contribution is -2.49. The van der Waals surface area contributed by atoms with E-state index in [-0.39, 0.29) is 0 Å². The average molecular weight is 185 g/mol. The largest absolute Gasteiger partial charge is 0.396 e. The van der Waals surface area contributed by atoms with E-state index in [1.165, 1.54) is 6.42 Å². The molecule has 0 aromatic rings. The van der Waals surface area contributed by atoms with Gasteiger partial charge in [-0.05, 0) is 38.1 Å². The molecule has 2 aliphatic heterocycles. The van der Waals surface area contributed by atoms with Gasteiger partial charge in [-0.2, -0.15) is 0 Å². The minimum Gasteiger partial charge on any atom is -0.396 e. The first-order valence-corrected chi connectivity index (χ1v) is 5.31. The van der Waals surface area contributed by atoms with Gasteiger partial charge in [-0.1, -0.05) is 0 Å². The Morgan fingerprint density at radius 3 is 2.85 bits per heavy atom. The van der Waals surface area contributed by atoms with E-state index in [4.69, 9.17) is 9.84 Å². The van der Waals surface area contributed by atoms with Crippen LogP contribution < -0.4 is 5.32 Å². The summed E-state index contributed by atoms with van der Waals surface area (Å²) in [6.07, 6.45) is 4.42. The number of hydrogen-bond acceptors (Lipinski definition) is 3. The van der Waals surface area contributed by atoms with Crippen molar-refractivity contribution in [1.82, 2.24) is 5.32 Å². The van der Waals surface area contributed by atoms with Gasteiger partial charge < -0.3 is 15.2 Å². The maximum atomic E-state index is 8.98. The third kappa shape index (κ3) is 1.73. The first-order valence-electron chi connectivity index (χ1n) is 5.31. The number of hydrogen-bond donors (Lipinski definition) is 2. The third-order valence-corrected chi connectivity index (χ3v) is 3.61. The fourth-order valence-corrected chi connectivity index (χ4v) is 2.81. The molecule has 0 aromatic heterocycles. The number of aliphatic hydroxyl groups excluding tert-OH is 1. The van der Waals surface area contributed by atoms with Crippen molar-refractivity contribution in [2.24, 2.45) is 5.92 Å². The van der Waals surface area contributed by atoms with Crippen molar-refractivity contribution in [2.75, 3.05) is 26.4 Å². The number of aliphatic hydroxyl groups is 1. The maximum absolute atomic E-state index is 8.98. The van der Waals surface area contributed by atoms with Crippen LogP contribution in [0.3, 0.4) is 0 Å². The van der Waals surface area contributed by atoms with Crippen molar-refractivity contribution in [2.45, 2.75) is 31.2 Å². The monoisotopic (exact) mass is 185 g/mol. The van der Waals surface area contributed by atoms with E-state index < -0.39 is 0 Å². The second kappa shape index (κ2) is 3.95. The molecular formula is C10H19NO2. The van der Waals surface area contributed by atoms with Crippen molar-refractivity contribution in [3.8, 4) is 0 Å². The van der Waals surface area contributed by atoms with Crippen LogP contribution in [0, 0.1) is 5.92 Å². The molecule has 0 aliphatic carbocycles. The second-order valence-electron chi connectivity index (χ2n) is 4.19. The summed E-state index contributed by atoms with van der Waals surface area (Å²) in [5, 5.41) is 12.6. The molecule has 2 aliphatic rings. The first-order chi connectivity index (χ1) is 6.37. The molecule has 2 fully saturated rings. The maximum Gasteiger partial charge on any atom is 0.0483 e. The molecular weight excluding hydrogens is 166 g/mol. The van der Waals surface area contributed by atoms with Crippen LogP contribution in [0.5, 0.6) is 0 Å². The van der Waals surface area contributed by atoms with Crippen LogP contribution in [-0.4, -0.2) is 37.0 Å². The average Bonchev–Trinajstić information content (AvgIpc) is 2.52. The molecule has 2 rings (SSSR count). The van der Waals surface area contributed by atoms with Gasteiger partial charge in [0.1, 0.15) is 0 Å². The van der Waals surface area contributed by atoms with Crippen molar-refractivity contribution in [3.05, 3.63) is 0 Å². The summed E-state index contributed by atoms with van der Waals surface area (Å²) in [4.78, 5) is 0. The summed E-state index contributed by atoms with van der Waals surface area (Å²) in [7, 11) is 0. The van der Waals surface area contributed by atoms with Crippen molar-refractivity contribution >= 4 is 0 Å². The van der Waals surface area contributed by atoms with Gasteiger partial charge in [-0.15, -0.1) is 0 Å². The quantitative estimate of drug-likeness (QED) is 0.659. The zero-order valence-electron chi connectivity index (χ0n) is 8.09. The van der Waals surface area contributed by atoms with E-state index in [9.17, 15) is 0 Å². The zero-order chi connectivity index (χ0) is 9.15. The number of rotatable bonds is 2. The third-order valence-electron chi connectivity index (χ3n) is 3.61. The molecule has 3 nitrogen and oxygen atoms in total. The Hall–Kier alpha value is -0.120. The van der Waals surface area contributed by atoms with Gasteiger partial charge in [0.15, 0.2) is 0 Å². The van der Waals surface area contributed by atoms with E-state index in [1.807, 2.05) is 0 Å². The van der Waals surface area contributed by atoms with Crippen LogP contribution in [0.2, 0.25) is 0 Å². The molecule has 2 N–H and O–H groups in total. The molecule has 0 aromatic carbocycles. The molecule has 1 spiro atoms. The second-order valence-corrected chi connectivity index (χ2v) is 4.19. The van der Waals surface area contributed by atoms with E-state index in [2.05, 4.69) is 5.32 Å². The summed E-state index contributed by atoms with van der Waals surface area (Å²) >= 11 is 0. The molecule has 0 bridgehead atoms. The molecule has 3 heteroatoms. The molecule has 0 radical (unpaired) electrons. The highest BCUT2D eigenvalue weighted by atomic mass is 16.5. The predicted molar refractivity (Wildman–Crippen MR) is 50.6 cm³/mol. The lowest BCUT2D eigenvalue weighted by Gasteiger charge is -2.38. The highest BCUT2D eigenvalue weighted by molar-refractivity contribution is 5.00. The molecule has 1 atom stereocenters. The minimum atomic E-state index is 0.307. The lowest BCUT2D eigenvalue weighted by molar-refractivity contribution is 0.0234. The Balaban J connectivity index is 2.00. The molecule has 2 heterocycles. The Morgan fingerprint density at radius 1 is 1.38 bits per heavy atom. The normalized spacial score (nSPS) is 32.5. The fourth-order valence-electron chi connectivity index (χ4n) is 2.81. The molecule has 2 saturated heterocycles. The van der Waals surface area contributed by atoms with Gasteiger partial charge in [0.05, 0.1) is 0 Å². The number of ether oxygens (including phenoxy) is 1. The Kier molecular flexibility index (Phi) is 2.86. The lowest BCUT2D eigenvalue weighted by atomic mass is 9.78. The summed E-state index contributed by atoms with van der Waals surface area (Å²) in [5.41, 5.74) is 0.307. The first kappa shape index (κ1) is 9.44. The SMILES string of the molecule is OCCC1CCNC12CCOCC2. The molecule has 0 amide bonds. The predicted octanol–water partition coefficient (Wildman–Crippen LogP) is 0.527. The summed E-state index contributed by atoms with van der Waals surface area (Å²) in [6.45, 7) is 3.21. The van der Waals surface area contributed by atoms with Gasteiger partial charge in [0.2, 0.25) is 0 Å². The Bertz CT molecular complexity index is 166. The Morgan fingerprint density at radius 2 is 2.15 bits per heavy atom. The van der Waals surface area contributed by atoms with E-state index >= 15 is 0 Å². The molecule has 0 saturated carbocycles. The van der Waals surface area contributed by atoms with Crippen LogP contribution in [0.1, 0.15) is 25.7 Å². The van der Waals surface area contributed by atoms with E-state index in [1.54, 1.807) is 0 Å². The smallest absolute Gasteiger partial charge is 0.0483 e. The van der Waals surface area contributed by atoms with Gasteiger partial charge in [0, 0.05) is 25.4 Å². The van der Waals surface area contributed by atoms with Crippen molar-refractivity contribution < 1.29 is 9.84 Å². The van der Waals surface area contributed by atoms with Crippen molar-refractivity contribution in [1.29, 1.82) is 0 Å².